The summed E-state index contributed by atoms with van der Waals surface area (Å²) in [6.45, 7) is 0. The zero-order chi connectivity index (χ0) is 15.4. The number of likely N-dealkylation sites (N-methyl/N-ethyl adjacent to an activating group) is 1. The van der Waals surface area contributed by atoms with Gasteiger partial charge in [-0.05, 0) is 24.1 Å². The lowest BCUT2D eigenvalue weighted by Crippen LogP contribution is -2.43. The van der Waals surface area contributed by atoms with Crippen LogP contribution < -0.4 is 10.6 Å². The van der Waals surface area contributed by atoms with Crippen LogP contribution in [0.1, 0.15) is 5.56 Å². The summed E-state index contributed by atoms with van der Waals surface area (Å²) in [6.07, 6.45) is 0.383. The Bertz CT molecular complexity index is 637. The molecule has 0 aliphatic carbocycles. The Morgan fingerprint density at radius 1 is 1.14 bits per heavy atom. The molecule has 0 aliphatic rings. The van der Waals surface area contributed by atoms with Crippen molar-refractivity contribution in [1.29, 1.82) is 0 Å². The minimum absolute atomic E-state index is 0. The van der Waals surface area contributed by atoms with Gasteiger partial charge in [-0.3, -0.25) is 4.79 Å². The SMILES string of the molecule is CN(C(=O)[C@@H](N)Cc1ccccc1)c1ccc(F)c(F)c1.Cl. The third-order valence-electron chi connectivity index (χ3n) is 3.24. The molecule has 0 radical (unpaired) electrons. The molecule has 6 heteroatoms. The summed E-state index contributed by atoms with van der Waals surface area (Å²) >= 11 is 0. The van der Waals surface area contributed by atoms with Gasteiger partial charge in [0.2, 0.25) is 5.91 Å². The molecule has 0 heterocycles. The number of halogens is 3. The van der Waals surface area contributed by atoms with E-state index < -0.39 is 17.7 Å². The van der Waals surface area contributed by atoms with Gasteiger partial charge < -0.3 is 10.6 Å². The summed E-state index contributed by atoms with van der Waals surface area (Å²) < 4.78 is 26.1. The van der Waals surface area contributed by atoms with E-state index in [1.165, 1.54) is 18.0 Å². The summed E-state index contributed by atoms with van der Waals surface area (Å²) in [4.78, 5) is 13.5. The van der Waals surface area contributed by atoms with Crippen LogP contribution in [0.4, 0.5) is 14.5 Å². The van der Waals surface area contributed by atoms with Crippen molar-refractivity contribution in [3.63, 3.8) is 0 Å². The molecule has 0 spiro atoms. The standard InChI is InChI=1S/C16H16F2N2O.ClH/c1-20(12-7-8-13(17)14(18)10-12)16(21)15(19)9-11-5-3-2-4-6-11;/h2-8,10,15H,9,19H2,1H3;1H/t15-;/m0./s1. The Labute approximate surface area is 134 Å². The van der Waals surface area contributed by atoms with Crippen LogP contribution >= 0.6 is 12.4 Å². The van der Waals surface area contributed by atoms with Gasteiger partial charge in [0, 0.05) is 18.8 Å². The van der Waals surface area contributed by atoms with Crippen molar-refractivity contribution in [2.75, 3.05) is 11.9 Å². The summed E-state index contributed by atoms with van der Waals surface area (Å²) in [5, 5.41) is 0. The van der Waals surface area contributed by atoms with Crippen LogP contribution in [0.5, 0.6) is 0 Å². The van der Waals surface area contributed by atoms with E-state index >= 15 is 0 Å². The van der Waals surface area contributed by atoms with Crippen molar-refractivity contribution in [2.45, 2.75) is 12.5 Å². The zero-order valence-corrected chi connectivity index (χ0v) is 12.8. The number of carbonyl (C=O) groups excluding carboxylic acids is 1. The van der Waals surface area contributed by atoms with E-state index in [0.29, 0.717) is 6.42 Å². The molecule has 22 heavy (non-hydrogen) atoms. The molecule has 0 fully saturated rings. The number of benzene rings is 2. The van der Waals surface area contributed by atoms with Crippen molar-refractivity contribution < 1.29 is 13.6 Å². The second-order valence-corrected chi connectivity index (χ2v) is 4.79. The molecular formula is C16H17ClF2N2O. The lowest BCUT2D eigenvalue weighted by Gasteiger charge is -2.21. The Hall–Kier alpha value is -1.98. The minimum Gasteiger partial charge on any atom is -0.320 e. The van der Waals surface area contributed by atoms with E-state index in [2.05, 4.69) is 0 Å². The second-order valence-electron chi connectivity index (χ2n) is 4.79. The highest BCUT2D eigenvalue weighted by molar-refractivity contribution is 5.96. The molecule has 3 nitrogen and oxygen atoms in total. The van der Waals surface area contributed by atoms with Gasteiger partial charge in [0.05, 0.1) is 6.04 Å². The highest BCUT2D eigenvalue weighted by Crippen LogP contribution is 2.17. The highest BCUT2D eigenvalue weighted by Gasteiger charge is 2.20. The molecule has 1 amide bonds. The summed E-state index contributed by atoms with van der Waals surface area (Å²) in [5.74, 6) is -2.30. The third kappa shape index (κ3) is 4.26. The molecule has 0 aliphatic heterocycles. The number of rotatable bonds is 4. The monoisotopic (exact) mass is 326 g/mol. The third-order valence-corrected chi connectivity index (χ3v) is 3.24. The van der Waals surface area contributed by atoms with E-state index in [4.69, 9.17) is 5.73 Å². The van der Waals surface area contributed by atoms with Crippen molar-refractivity contribution in [3.8, 4) is 0 Å². The molecule has 1 atom stereocenters. The van der Waals surface area contributed by atoms with Crippen LogP contribution in [0, 0.1) is 11.6 Å². The predicted molar refractivity (Wildman–Crippen MR) is 85.1 cm³/mol. The fourth-order valence-corrected chi connectivity index (χ4v) is 2.02. The van der Waals surface area contributed by atoms with E-state index in [9.17, 15) is 13.6 Å². The first-order valence-electron chi connectivity index (χ1n) is 6.51. The second kappa shape index (κ2) is 7.87. The van der Waals surface area contributed by atoms with Crippen LogP contribution in [0.15, 0.2) is 48.5 Å². The topological polar surface area (TPSA) is 46.3 Å². The lowest BCUT2D eigenvalue weighted by atomic mass is 10.1. The van der Waals surface area contributed by atoms with Gasteiger partial charge in [0.1, 0.15) is 0 Å². The van der Waals surface area contributed by atoms with Crippen LogP contribution in [0.3, 0.4) is 0 Å². The van der Waals surface area contributed by atoms with Gasteiger partial charge in [0.25, 0.3) is 0 Å². The molecule has 2 rings (SSSR count). The van der Waals surface area contributed by atoms with Gasteiger partial charge in [-0.15, -0.1) is 12.4 Å². The average molecular weight is 327 g/mol. The molecule has 0 saturated carbocycles. The van der Waals surface area contributed by atoms with Crippen LogP contribution in [0.2, 0.25) is 0 Å². The lowest BCUT2D eigenvalue weighted by molar-refractivity contribution is -0.119. The molecular weight excluding hydrogens is 310 g/mol. The number of carbonyl (C=O) groups is 1. The van der Waals surface area contributed by atoms with Crippen molar-refractivity contribution in [1.82, 2.24) is 0 Å². The normalized spacial score (nSPS) is 11.5. The first-order valence-corrected chi connectivity index (χ1v) is 6.51. The fraction of sp³-hybridized carbons (Fsp3) is 0.188. The van der Waals surface area contributed by atoms with Gasteiger partial charge in [-0.1, -0.05) is 30.3 Å². The maximum absolute atomic E-state index is 13.2. The van der Waals surface area contributed by atoms with E-state index in [0.717, 1.165) is 17.7 Å². The molecule has 2 aromatic rings. The fourth-order valence-electron chi connectivity index (χ4n) is 2.02. The molecule has 0 saturated heterocycles. The summed E-state index contributed by atoms with van der Waals surface area (Å²) in [5.41, 5.74) is 7.10. The molecule has 0 unspecified atom stereocenters. The first kappa shape index (κ1) is 18.1. The van der Waals surface area contributed by atoms with E-state index in [1.807, 2.05) is 30.3 Å². The number of hydrogen-bond donors (Lipinski definition) is 1. The molecule has 2 N–H and O–H groups in total. The average Bonchev–Trinajstić information content (AvgIpc) is 2.49. The maximum Gasteiger partial charge on any atom is 0.243 e. The molecule has 0 aromatic heterocycles. The van der Waals surface area contributed by atoms with Gasteiger partial charge in [-0.25, -0.2) is 8.78 Å². The Morgan fingerprint density at radius 3 is 2.36 bits per heavy atom. The number of nitrogens with zero attached hydrogens (tertiary/aromatic N) is 1. The largest absolute Gasteiger partial charge is 0.320 e. The van der Waals surface area contributed by atoms with Crippen molar-refractivity contribution in [2.24, 2.45) is 5.73 Å². The Morgan fingerprint density at radius 2 is 1.77 bits per heavy atom. The molecule has 118 valence electrons. The minimum atomic E-state index is -0.996. The van der Waals surface area contributed by atoms with Crippen LogP contribution in [-0.4, -0.2) is 19.0 Å². The van der Waals surface area contributed by atoms with E-state index in [1.54, 1.807) is 0 Å². The highest BCUT2D eigenvalue weighted by atomic mass is 35.5. The summed E-state index contributed by atoms with van der Waals surface area (Å²) in [6, 6.07) is 11.9. The Kier molecular flexibility index (Phi) is 6.46. The number of nitrogens with two attached hydrogens (primary N) is 1. The van der Waals surface area contributed by atoms with Gasteiger partial charge in [0.15, 0.2) is 11.6 Å². The van der Waals surface area contributed by atoms with Crippen LogP contribution in [-0.2, 0) is 11.2 Å². The molecule has 0 bridgehead atoms. The van der Waals surface area contributed by atoms with E-state index in [-0.39, 0.29) is 24.0 Å². The number of amides is 1. The Balaban J connectivity index is 0.00000242. The van der Waals surface area contributed by atoms with Crippen LogP contribution in [0.25, 0.3) is 0 Å². The summed E-state index contributed by atoms with van der Waals surface area (Å²) in [7, 11) is 1.49. The number of hydrogen-bond acceptors (Lipinski definition) is 2. The zero-order valence-electron chi connectivity index (χ0n) is 12.0. The molecule has 2 aromatic carbocycles. The van der Waals surface area contributed by atoms with Gasteiger partial charge in [-0.2, -0.15) is 0 Å². The number of anilines is 1. The van der Waals surface area contributed by atoms with Crippen molar-refractivity contribution >= 4 is 24.0 Å². The van der Waals surface area contributed by atoms with Crippen molar-refractivity contribution in [3.05, 3.63) is 65.7 Å². The maximum atomic E-state index is 13.2. The smallest absolute Gasteiger partial charge is 0.243 e. The quantitative estimate of drug-likeness (QED) is 0.939. The predicted octanol–water partition coefficient (Wildman–Crippen LogP) is 2.92. The van der Waals surface area contributed by atoms with Gasteiger partial charge >= 0.3 is 0 Å². The first-order chi connectivity index (χ1) is 9.99.